The molecule has 0 aliphatic heterocycles. The molecule has 6 nitrogen and oxygen atoms in total. The third-order valence-corrected chi connectivity index (χ3v) is 4.91. The molecule has 0 amide bonds. The van der Waals surface area contributed by atoms with Gasteiger partial charge in [-0.05, 0) is 38.2 Å². The number of ether oxygens (including phenoxy) is 1. The zero-order valence-electron chi connectivity index (χ0n) is 15.1. The number of aliphatic imine (C=N–C) groups is 1. The van der Waals surface area contributed by atoms with Gasteiger partial charge in [0.25, 0.3) is 0 Å². The number of benzene rings is 1. The van der Waals surface area contributed by atoms with Crippen molar-refractivity contribution < 1.29 is 13.2 Å². The number of guanidine groups is 1. The highest BCUT2D eigenvalue weighted by molar-refractivity contribution is 7.90. The predicted octanol–water partition coefficient (Wildman–Crippen LogP) is 1.97. The molecule has 1 fully saturated rings. The summed E-state index contributed by atoms with van der Waals surface area (Å²) in [7, 11) is -2.92. The third-order valence-electron chi connectivity index (χ3n) is 3.88. The Labute approximate surface area is 151 Å². The van der Waals surface area contributed by atoms with Gasteiger partial charge in [-0.3, -0.25) is 0 Å². The minimum absolute atomic E-state index is 0.178. The molecule has 25 heavy (non-hydrogen) atoms. The minimum atomic E-state index is -2.92. The highest BCUT2D eigenvalue weighted by Crippen LogP contribution is 2.30. The van der Waals surface area contributed by atoms with Crippen molar-refractivity contribution in [2.24, 2.45) is 10.9 Å². The van der Waals surface area contributed by atoms with E-state index in [1.165, 1.54) is 19.1 Å². The molecule has 0 atom stereocenters. The van der Waals surface area contributed by atoms with Crippen LogP contribution in [-0.2, 0) is 16.4 Å². The molecule has 0 aromatic heterocycles. The fraction of sp³-hybridized carbons (Fsp3) is 0.611. The van der Waals surface area contributed by atoms with E-state index in [9.17, 15) is 8.42 Å². The van der Waals surface area contributed by atoms with E-state index in [4.69, 9.17) is 4.74 Å². The number of sulfone groups is 1. The Kier molecular flexibility index (Phi) is 7.55. The number of para-hydroxylation sites is 1. The van der Waals surface area contributed by atoms with Crippen molar-refractivity contribution in [2.45, 2.75) is 32.7 Å². The number of nitrogens with one attached hydrogen (secondary N) is 2. The lowest BCUT2D eigenvalue weighted by Crippen LogP contribution is -2.38. The van der Waals surface area contributed by atoms with Crippen molar-refractivity contribution in [3.05, 3.63) is 29.8 Å². The van der Waals surface area contributed by atoms with Crippen molar-refractivity contribution in [3.8, 4) is 5.75 Å². The molecule has 1 aliphatic rings. The molecule has 0 radical (unpaired) electrons. The first-order chi connectivity index (χ1) is 12.0. The van der Waals surface area contributed by atoms with E-state index in [0.29, 0.717) is 31.4 Å². The fourth-order valence-corrected chi connectivity index (χ4v) is 2.98. The number of hydrogen-bond acceptors (Lipinski definition) is 4. The van der Waals surface area contributed by atoms with Crippen molar-refractivity contribution in [2.75, 3.05) is 31.7 Å². The Morgan fingerprint density at radius 1 is 1.28 bits per heavy atom. The summed E-state index contributed by atoms with van der Waals surface area (Å²) in [6.07, 6.45) is 4.35. The molecule has 0 bridgehead atoms. The monoisotopic (exact) mass is 367 g/mol. The van der Waals surface area contributed by atoms with E-state index < -0.39 is 9.84 Å². The second-order valence-corrected chi connectivity index (χ2v) is 8.73. The summed E-state index contributed by atoms with van der Waals surface area (Å²) in [5.74, 6) is 2.47. The lowest BCUT2D eigenvalue weighted by atomic mass is 10.2. The van der Waals surface area contributed by atoms with Gasteiger partial charge in [-0.15, -0.1) is 0 Å². The molecule has 0 saturated heterocycles. The largest absolute Gasteiger partial charge is 0.493 e. The lowest BCUT2D eigenvalue weighted by molar-refractivity contribution is 0.297. The molecule has 1 aliphatic carbocycles. The van der Waals surface area contributed by atoms with Crippen LogP contribution in [0.1, 0.15) is 31.7 Å². The molecule has 0 spiro atoms. The maximum Gasteiger partial charge on any atom is 0.191 e. The molecule has 1 saturated carbocycles. The van der Waals surface area contributed by atoms with Gasteiger partial charge in [0.15, 0.2) is 5.96 Å². The topological polar surface area (TPSA) is 79.8 Å². The molecule has 140 valence electrons. The highest BCUT2D eigenvalue weighted by Gasteiger charge is 2.22. The van der Waals surface area contributed by atoms with Crippen molar-refractivity contribution in [1.29, 1.82) is 0 Å². The van der Waals surface area contributed by atoms with Gasteiger partial charge in [-0.1, -0.05) is 18.2 Å². The first-order valence-electron chi connectivity index (χ1n) is 8.88. The van der Waals surface area contributed by atoms with Crippen LogP contribution in [-0.4, -0.2) is 46.1 Å². The average molecular weight is 368 g/mol. The van der Waals surface area contributed by atoms with Crippen molar-refractivity contribution in [1.82, 2.24) is 10.6 Å². The Balaban J connectivity index is 1.88. The van der Waals surface area contributed by atoms with Crippen LogP contribution in [0, 0.1) is 5.92 Å². The standard InChI is InChI=1S/C18H29N3O3S/c1-3-19-18(20-11-6-12-25(2,22)23)21-13-16-7-4-5-8-17(16)24-14-15-9-10-15/h4-5,7-8,15H,3,6,9-14H2,1-2H3,(H2,19,20,21). The maximum absolute atomic E-state index is 11.2. The van der Waals surface area contributed by atoms with E-state index in [2.05, 4.69) is 15.6 Å². The Morgan fingerprint density at radius 3 is 2.72 bits per heavy atom. The third kappa shape index (κ3) is 8.25. The summed E-state index contributed by atoms with van der Waals surface area (Å²) in [5.41, 5.74) is 1.05. The summed E-state index contributed by atoms with van der Waals surface area (Å²) >= 11 is 0. The van der Waals surface area contributed by atoms with Gasteiger partial charge < -0.3 is 15.4 Å². The highest BCUT2D eigenvalue weighted by atomic mass is 32.2. The van der Waals surface area contributed by atoms with Gasteiger partial charge in [0.2, 0.25) is 0 Å². The van der Waals surface area contributed by atoms with Crippen LogP contribution in [0.15, 0.2) is 29.3 Å². The Morgan fingerprint density at radius 2 is 2.04 bits per heavy atom. The molecular formula is C18H29N3O3S. The van der Waals surface area contributed by atoms with Crippen LogP contribution in [0.5, 0.6) is 5.75 Å². The SMILES string of the molecule is CCNC(=NCc1ccccc1OCC1CC1)NCCCS(C)(=O)=O. The Bertz CT molecular complexity index is 670. The van der Waals surface area contributed by atoms with Crippen LogP contribution in [0.4, 0.5) is 0 Å². The van der Waals surface area contributed by atoms with Gasteiger partial charge in [0, 0.05) is 24.9 Å². The van der Waals surface area contributed by atoms with Gasteiger partial charge in [0.1, 0.15) is 15.6 Å². The maximum atomic E-state index is 11.2. The predicted molar refractivity (Wildman–Crippen MR) is 102 cm³/mol. The molecule has 0 heterocycles. The Hall–Kier alpha value is -1.76. The molecule has 1 aromatic rings. The summed E-state index contributed by atoms with van der Waals surface area (Å²) in [6.45, 7) is 4.61. The van der Waals surface area contributed by atoms with Crippen LogP contribution < -0.4 is 15.4 Å². The normalized spacial score (nSPS) is 15.0. The number of nitrogens with zero attached hydrogens (tertiary/aromatic N) is 1. The van der Waals surface area contributed by atoms with Crippen molar-refractivity contribution >= 4 is 15.8 Å². The molecule has 7 heteroatoms. The average Bonchev–Trinajstić information content (AvgIpc) is 3.38. The van der Waals surface area contributed by atoms with Crippen LogP contribution in [0.2, 0.25) is 0 Å². The fourth-order valence-electron chi connectivity index (χ4n) is 2.31. The molecule has 1 aromatic carbocycles. The summed E-state index contributed by atoms with van der Waals surface area (Å²) in [6, 6.07) is 7.98. The van der Waals surface area contributed by atoms with Gasteiger partial charge in [-0.25, -0.2) is 13.4 Å². The lowest BCUT2D eigenvalue weighted by Gasteiger charge is -2.13. The van der Waals surface area contributed by atoms with E-state index >= 15 is 0 Å². The zero-order valence-corrected chi connectivity index (χ0v) is 15.9. The van der Waals surface area contributed by atoms with E-state index in [-0.39, 0.29) is 5.75 Å². The second kappa shape index (κ2) is 9.65. The van der Waals surface area contributed by atoms with Gasteiger partial charge in [0.05, 0.1) is 18.9 Å². The molecule has 2 rings (SSSR count). The summed E-state index contributed by atoms with van der Waals surface area (Å²) in [4.78, 5) is 4.59. The van der Waals surface area contributed by atoms with Crippen molar-refractivity contribution in [3.63, 3.8) is 0 Å². The van der Waals surface area contributed by atoms with E-state index in [1.54, 1.807) is 0 Å². The first-order valence-corrected chi connectivity index (χ1v) is 10.9. The van der Waals surface area contributed by atoms with Crippen LogP contribution in [0.3, 0.4) is 0 Å². The first kappa shape index (κ1) is 19.6. The van der Waals surface area contributed by atoms with E-state index in [0.717, 1.165) is 24.5 Å². The summed E-state index contributed by atoms with van der Waals surface area (Å²) < 4.78 is 28.3. The zero-order chi connectivity index (χ0) is 18.1. The quantitative estimate of drug-likeness (QED) is 0.375. The minimum Gasteiger partial charge on any atom is -0.493 e. The molecule has 0 unspecified atom stereocenters. The number of hydrogen-bond donors (Lipinski definition) is 2. The van der Waals surface area contributed by atoms with Crippen LogP contribution in [0.25, 0.3) is 0 Å². The van der Waals surface area contributed by atoms with Gasteiger partial charge in [-0.2, -0.15) is 0 Å². The smallest absolute Gasteiger partial charge is 0.191 e. The van der Waals surface area contributed by atoms with Crippen LogP contribution >= 0.6 is 0 Å². The summed E-state index contributed by atoms with van der Waals surface area (Å²) in [5, 5.41) is 6.36. The molecular weight excluding hydrogens is 338 g/mol. The van der Waals surface area contributed by atoms with E-state index in [1.807, 2.05) is 31.2 Å². The number of rotatable bonds is 10. The molecule has 2 N–H and O–H groups in total. The second-order valence-electron chi connectivity index (χ2n) is 6.47. The van der Waals surface area contributed by atoms with Gasteiger partial charge >= 0.3 is 0 Å².